The van der Waals surface area contributed by atoms with E-state index in [9.17, 15) is 4.79 Å². The second-order valence-electron chi connectivity index (χ2n) is 7.89. The molecule has 0 N–H and O–H groups in total. The minimum Gasteiger partial charge on any atom is -0.378 e. The van der Waals surface area contributed by atoms with E-state index >= 15 is 0 Å². The molecule has 1 amide bonds. The number of anilines is 1. The second kappa shape index (κ2) is 9.98. The molecule has 0 bridgehead atoms. The summed E-state index contributed by atoms with van der Waals surface area (Å²) in [5, 5.41) is 1.11. The summed E-state index contributed by atoms with van der Waals surface area (Å²) in [4.78, 5) is 25.9. The molecule has 0 radical (unpaired) electrons. The number of carbonyl (C=O) groups excluding carboxylic acids is 1. The van der Waals surface area contributed by atoms with Crippen LogP contribution in [-0.4, -0.2) is 60.2 Å². The Morgan fingerprint density at radius 1 is 1.13 bits per heavy atom. The van der Waals surface area contributed by atoms with Gasteiger partial charge < -0.3 is 14.5 Å². The van der Waals surface area contributed by atoms with E-state index in [1.165, 1.54) is 0 Å². The maximum atomic E-state index is 12.7. The molecule has 160 valence electrons. The predicted octanol–water partition coefficient (Wildman–Crippen LogP) is 4.13. The lowest BCUT2D eigenvalue weighted by atomic mass is 9.98. The minimum atomic E-state index is 0.134. The number of hydrogen-bond acceptors (Lipinski definition) is 6. The van der Waals surface area contributed by atoms with Crippen molar-refractivity contribution in [3.63, 3.8) is 0 Å². The first-order chi connectivity index (χ1) is 14.6. The number of thioether (sulfide) groups is 1. The van der Waals surface area contributed by atoms with Gasteiger partial charge in [-0.05, 0) is 36.5 Å². The highest BCUT2D eigenvalue weighted by Gasteiger charge is 2.21. The molecule has 0 spiro atoms. The van der Waals surface area contributed by atoms with Crippen molar-refractivity contribution in [1.29, 1.82) is 0 Å². The third-order valence-electron chi connectivity index (χ3n) is 5.64. The molecule has 2 fully saturated rings. The second-order valence-corrected chi connectivity index (χ2v) is 9.22. The lowest BCUT2D eigenvalue weighted by molar-refractivity contribution is 0.0697. The molecule has 6 nitrogen and oxygen atoms in total. The Morgan fingerprint density at radius 2 is 1.83 bits per heavy atom. The number of rotatable bonds is 5. The fraction of sp³-hybridized carbons (Fsp3) is 0.500. The van der Waals surface area contributed by atoms with E-state index in [-0.39, 0.29) is 5.91 Å². The average Bonchev–Trinajstić information content (AvgIpc) is 2.78. The number of hydrogen-bond donors (Lipinski definition) is 0. The van der Waals surface area contributed by atoms with Gasteiger partial charge in [-0.1, -0.05) is 42.4 Å². The van der Waals surface area contributed by atoms with E-state index in [2.05, 4.69) is 21.8 Å². The summed E-state index contributed by atoms with van der Waals surface area (Å²) in [5.74, 6) is 2.41. The monoisotopic (exact) mass is 446 g/mol. The van der Waals surface area contributed by atoms with Gasteiger partial charge in [-0.25, -0.2) is 9.97 Å². The Labute approximate surface area is 187 Å². The third-order valence-corrected chi connectivity index (χ3v) is 6.75. The van der Waals surface area contributed by atoms with E-state index in [0.717, 1.165) is 61.7 Å². The molecule has 3 heterocycles. The van der Waals surface area contributed by atoms with Gasteiger partial charge in [0.2, 0.25) is 0 Å². The van der Waals surface area contributed by atoms with E-state index in [4.69, 9.17) is 16.3 Å². The quantitative estimate of drug-likeness (QED) is 0.391. The number of nitrogens with zero attached hydrogens (tertiary/aromatic N) is 4. The smallest absolute Gasteiger partial charge is 0.253 e. The van der Waals surface area contributed by atoms with Gasteiger partial charge in [0.05, 0.1) is 13.2 Å². The number of piperidine rings is 1. The van der Waals surface area contributed by atoms with Crippen LogP contribution in [0.5, 0.6) is 0 Å². The molecule has 0 atom stereocenters. The summed E-state index contributed by atoms with van der Waals surface area (Å²) in [6.07, 6.45) is 2.18. The largest absolute Gasteiger partial charge is 0.378 e. The van der Waals surface area contributed by atoms with Crippen LogP contribution in [0.15, 0.2) is 35.5 Å². The molecule has 0 saturated carbocycles. The standard InChI is InChI=1S/C22H27ClN4O2S/c1-16-6-8-27(9-7-16)21(28)18-4-2-17(3-5-18)15-30-22-24-19(23)14-20(25-22)26-10-12-29-13-11-26/h2-5,14,16H,6-13,15H2,1H3. The SMILES string of the molecule is CC1CCN(C(=O)c2ccc(CSc3nc(Cl)cc(N4CCOCC4)n3)cc2)CC1. The van der Waals surface area contributed by atoms with Gasteiger partial charge in [0.1, 0.15) is 11.0 Å². The van der Waals surface area contributed by atoms with Crippen LogP contribution in [0, 0.1) is 5.92 Å². The normalized spacial score (nSPS) is 17.9. The van der Waals surface area contributed by atoms with Crippen molar-refractivity contribution in [2.45, 2.75) is 30.7 Å². The average molecular weight is 447 g/mol. The lowest BCUT2D eigenvalue weighted by Crippen LogP contribution is -2.37. The number of amides is 1. The van der Waals surface area contributed by atoms with Crippen molar-refractivity contribution in [2.24, 2.45) is 5.92 Å². The van der Waals surface area contributed by atoms with E-state index < -0.39 is 0 Å². The van der Waals surface area contributed by atoms with Crippen LogP contribution in [0.3, 0.4) is 0 Å². The first kappa shape index (κ1) is 21.4. The molecule has 1 aromatic heterocycles. The highest BCUT2D eigenvalue weighted by atomic mass is 35.5. The molecule has 8 heteroatoms. The number of halogens is 1. The van der Waals surface area contributed by atoms with E-state index in [1.54, 1.807) is 17.8 Å². The minimum absolute atomic E-state index is 0.134. The Bertz CT molecular complexity index is 866. The summed E-state index contributed by atoms with van der Waals surface area (Å²) in [5.41, 5.74) is 1.88. The Morgan fingerprint density at radius 3 is 2.53 bits per heavy atom. The molecule has 2 aromatic rings. The van der Waals surface area contributed by atoms with Crippen LogP contribution in [0.2, 0.25) is 5.15 Å². The first-order valence-corrected chi connectivity index (χ1v) is 11.8. The zero-order valence-electron chi connectivity index (χ0n) is 17.2. The van der Waals surface area contributed by atoms with E-state index in [0.29, 0.717) is 29.4 Å². The van der Waals surface area contributed by atoms with Crippen LogP contribution in [-0.2, 0) is 10.5 Å². The first-order valence-electron chi connectivity index (χ1n) is 10.5. The van der Waals surface area contributed by atoms with Gasteiger partial charge in [0.15, 0.2) is 5.16 Å². The molecular weight excluding hydrogens is 420 g/mol. The number of morpholine rings is 1. The van der Waals surface area contributed by atoms with Crippen molar-refractivity contribution in [2.75, 3.05) is 44.3 Å². The maximum Gasteiger partial charge on any atom is 0.253 e. The molecule has 30 heavy (non-hydrogen) atoms. The summed E-state index contributed by atoms with van der Waals surface area (Å²) in [6.45, 7) is 6.98. The van der Waals surface area contributed by atoms with Gasteiger partial charge in [-0.3, -0.25) is 4.79 Å². The zero-order chi connectivity index (χ0) is 20.9. The highest BCUT2D eigenvalue weighted by molar-refractivity contribution is 7.98. The summed E-state index contributed by atoms with van der Waals surface area (Å²) in [7, 11) is 0. The highest BCUT2D eigenvalue weighted by Crippen LogP contribution is 2.25. The van der Waals surface area contributed by atoms with Gasteiger partial charge in [0, 0.05) is 43.6 Å². The van der Waals surface area contributed by atoms with Crippen molar-refractivity contribution in [1.82, 2.24) is 14.9 Å². The molecular formula is C22H27ClN4O2S. The van der Waals surface area contributed by atoms with Crippen molar-refractivity contribution < 1.29 is 9.53 Å². The fourth-order valence-electron chi connectivity index (χ4n) is 3.69. The number of likely N-dealkylation sites (tertiary alicyclic amines) is 1. The number of benzene rings is 1. The number of ether oxygens (including phenoxy) is 1. The summed E-state index contributed by atoms with van der Waals surface area (Å²) in [6, 6.07) is 9.68. The maximum absolute atomic E-state index is 12.7. The summed E-state index contributed by atoms with van der Waals surface area (Å²) < 4.78 is 5.41. The third kappa shape index (κ3) is 5.45. The van der Waals surface area contributed by atoms with Crippen LogP contribution in [0.1, 0.15) is 35.7 Å². The van der Waals surface area contributed by atoms with E-state index in [1.807, 2.05) is 29.2 Å². The molecule has 4 rings (SSSR count). The number of carbonyl (C=O) groups is 1. The molecule has 2 aliphatic rings. The number of aromatic nitrogens is 2. The zero-order valence-corrected chi connectivity index (χ0v) is 18.8. The van der Waals surface area contributed by atoms with Crippen molar-refractivity contribution >= 4 is 35.1 Å². The topological polar surface area (TPSA) is 58.6 Å². The Kier molecular flexibility index (Phi) is 7.12. The van der Waals surface area contributed by atoms with Crippen LogP contribution >= 0.6 is 23.4 Å². The van der Waals surface area contributed by atoms with Crippen LogP contribution in [0.4, 0.5) is 5.82 Å². The Hall–Kier alpha value is -1.83. The van der Waals surface area contributed by atoms with Crippen LogP contribution < -0.4 is 4.90 Å². The van der Waals surface area contributed by atoms with Gasteiger partial charge >= 0.3 is 0 Å². The Balaban J connectivity index is 1.36. The predicted molar refractivity (Wildman–Crippen MR) is 120 cm³/mol. The van der Waals surface area contributed by atoms with Crippen molar-refractivity contribution in [3.8, 4) is 0 Å². The molecule has 2 aliphatic heterocycles. The molecule has 2 saturated heterocycles. The lowest BCUT2D eigenvalue weighted by Gasteiger charge is -2.30. The fourth-order valence-corrected chi connectivity index (χ4v) is 4.73. The molecule has 0 aliphatic carbocycles. The van der Waals surface area contributed by atoms with Gasteiger partial charge in [-0.2, -0.15) is 0 Å². The van der Waals surface area contributed by atoms with Gasteiger partial charge in [-0.15, -0.1) is 0 Å². The molecule has 1 aromatic carbocycles. The van der Waals surface area contributed by atoms with Crippen LogP contribution in [0.25, 0.3) is 0 Å². The van der Waals surface area contributed by atoms with Crippen molar-refractivity contribution in [3.05, 3.63) is 46.6 Å². The summed E-state index contributed by atoms with van der Waals surface area (Å²) >= 11 is 7.77. The molecule has 0 unspecified atom stereocenters. The van der Waals surface area contributed by atoms with Gasteiger partial charge in [0.25, 0.3) is 5.91 Å².